The van der Waals surface area contributed by atoms with E-state index in [-0.39, 0.29) is 11.4 Å². The second kappa shape index (κ2) is 6.03. The number of hydrogen-bond acceptors (Lipinski definition) is 6. The number of anilines is 1. The Morgan fingerprint density at radius 3 is 2.69 bits per heavy atom. The molecule has 0 aliphatic rings. The van der Waals surface area contributed by atoms with Gasteiger partial charge >= 0.3 is 0 Å². The average molecular weight is 242 g/mol. The zero-order valence-electron chi connectivity index (χ0n) is 9.77. The number of aryl methyl sites for hydroxylation is 1. The standard InChI is InChI=1S/C10H18N4OS/c1-4-8-12-9(14-11)5-10(13-8)16-7(3)6(2)15/h5-7,15H,4,11H2,1-3H3,(H,12,13,14). The third kappa shape index (κ3) is 3.62. The minimum absolute atomic E-state index is 0.0882. The van der Waals surface area contributed by atoms with Gasteiger partial charge in [0, 0.05) is 17.7 Å². The van der Waals surface area contributed by atoms with Crippen LogP contribution in [0.1, 0.15) is 26.6 Å². The molecule has 90 valence electrons. The molecule has 1 rings (SSSR count). The number of nitrogens with zero attached hydrogens (tertiary/aromatic N) is 2. The minimum Gasteiger partial charge on any atom is -0.392 e. The maximum atomic E-state index is 9.43. The molecule has 0 fully saturated rings. The Balaban J connectivity index is 2.86. The van der Waals surface area contributed by atoms with Gasteiger partial charge in [0.1, 0.15) is 16.7 Å². The Kier molecular flexibility index (Phi) is 4.98. The second-order valence-electron chi connectivity index (χ2n) is 3.57. The van der Waals surface area contributed by atoms with Crippen molar-refractivity contribution in [1.82, 2.24) is 9.97 Å². The fraction of sp³-hybridized carbons (Fsp3) is 0.600. The number of nitrogens with two attached hydrogens (primary N) is 1. The van der Waals surface area contributed by atoms with Crippen molar-refractivity contribution in [3.8, 4) is 0 Å². The van der Waals surface area contributed by atoms with Gasteiger partial charge in [-0.25, -0.2) is 15.8 Å². The number of hydrogen-bond donors (Lipinski definition) is 3. The maximum absolute atomic E-state index is 9.43. The topological polar surface area (TPSA) is 84.1 Å². The summed E-state index contributed by atoms with van der Waals surface area (Å²) >= 11 is 1.51. The quantitative estimate of drug-likeness (QED) is 0.311. The molecule has 1 aromatic heterocycles. The van der Waals surface area contributed by atoms with Crippen LogP contribution in [0.4, 0.5) is 5.82 Å². The molecule has 6 heteroatoms. The van der Waals surface area contributed by atoms with E-state index in [1.54, 1.807) is 13.0 Å². The molecule has 0 radical (unpaired) electrons. The van der Waals surface area contributed by atoms with Crippen LogP contribution in [-0.4, -0.2) is 26.4 Å². The molecule has 2 unspecified atom stereocenters. The Hall–Kier alpha value is -0.850. The highest BCUT2D eigenvalue weighted by Gasteiger charge is 2.12. The normalized spacial score (nSPS) is 14.6. The van der Waals surface area contributed by atoms with Gasteiger partial charge in [0.25, 0.3) is 0 Å². The fourth-order valence-corrected chi connectivity index (χ4v) is 1.97. The first-order chi connectivity index (χ1) is 7.56. The van der Waals surface area contributed by atoms with Crippen LogP contribution in [0.25, 0.3) is 0 Å². The van der Waals surface area contributed by atoms with Gasteiger partial charge in [-0.15, -0.1) is 11.8 Å². The predicted octanol–water partition coefficient (Wildman–Crippen LogP) is 1.19. The van der Waals surface area contributed by atoms with Crippen molar-refractivity contribution in [2.45, 2.75) is 43.6 Å². The van der Waals surface area contributed by atoms with Crippen molar-refractivity contribution in [3.63, 3.8) is 0 Å². The zero-order chi connectivity index (χ0) is 12.1. The van der Waals surface area contributed by atoms with Gasteiger partial charge < -0.3 is 10.5 Å². The molecule has 1 aromatic rings. The van der Waals surface area contributed by atoms with Crippen molar-refractivity contribution in [1.29, 1.82) is 0 Å². The lowest BCUT2D eigenvalue weighted by Crippen LogP contribution is -2.16. The highest BCUT2D eigenvalue weighted by molar-refractivity contribution is 7.99. The highest BCUT2D eigenvalue weighted by Crippen LogP contribution is 2.25. The van der Waals surface area contributed by atoms with Crippen molar-refractivity contribution in [2.24, 2.45) is 5.84 Å². The Morgan fingerprint density at radius 1 is 1.50 bits per heavy atom. The monoisotopic (exact) mass is 242 g/mol. The van der Waals surface area contributed by atoms with Crippen molar-refractivity contribution in [2.75, 3.05) is 5.43 Å². The molecule has 16 heavy (non-hydrogen) atoms. The van der Waals surface area contributed by atoms with Crippen LogP contribution in [0.15, 0.2) is 11.1 Å². The van der Waals surface area contributed by atoms with Gasteiger partial charge in [0.15, 0.2) is 0 Å². The molecule has 0 aromatic carbocycles. The molecule has 0 amide bonds. The van der Waals surface area contributed by atoms with Gasteiger partial charge in [0.2, 0.25) is 0 Å². The number of aliphatic hydroxyl groups excluding tert-OH is 1. The van der Waals surface area contributed by atoms with Gasteiger partial charge in [-0.3, -0.25) is 0 Å². The predicted molar refractivity (Wildman–Crippen MR) is 66.2 cm³/mol. The summed E-state index contributed by atoms with van der Waals surface area (Å²) in [5, 5.41) is 10.3. The van der Waals surface area contributed by atoms with Crippen LogP contribution in [0.2, 0.25) is 0 Å². The van der Waals surface area contributed by atoms with Gasteiger partial charge in [-0.05, 0) is 6.92 Å². The number of nitrogens with one attached hydrogen (secondary N) is 1. The summed E-state index contributed by atoms with van der Waals surface area (Å²) in [6, 6.07) is 1.78. The van der Waals surface area contributed by atoms with E-state index in [4.69, 9.17) is 5.84 Å². The minimum atomic E-state index is -0.376. The van der Waals surface area contributed by atoms with Crippen LogP contribution >= 0.6 is 11.8 Å². The van der Waals surface area contributed by atoms with Gasteiger partial charge in [-0.1, -0.05) is 13.8 Å². The summed E-state index contributed by atoms with van der Waals surface area (Å²) in [4.78, 5) is 8.57. The van der Waals surface area contributed by atoms with E-state index in [0.29, 0.717) is 5.82 Å². The number of rotatable bonds is 5. The smallest absolute Gasteiger partial charge is 0.144 e. The summed E-state index contributed by atoms with van der Waals surface area (Å²) < 4.78 is 0. The van der Waals surface area contributed by atoms with E-state index in [9.17, 15) is 5.11 Å². The Labute approximate surface area is 99.8 Å². The molecule has 2 atom stereocenters. The Bertz CT molecular complexity index is 323. The molecule has 4 N–H and O–H groups in total. The van der Waals surface area contributed by atoms with Crippen molar-refractivity contribution >= 4 is 17.6 Å². The summed E-state index contributed by atoms with van der Waals surface area (Å²) in [5.74, 6) is 6.68. The van der Waals surface area contributed by atoms with E-state index < -0.39 is 0 Å². The average Bonchev–Trinajstić information content (AvgIpc) is 2.28. The maximum Gasteiger partial charge on any atom is 0.144 e. The van der Waals surface area contributed by atoms with Gasteiger partial charge in [0.05, 0.1) is 6.10 Å². The van der Waals surface area contributed by atoms with Crippen LogP contribution in [0.5, 0.6) is 0 Å². The van der Waals surface area contributed by atoms with Crippen molar-refractivity contribution in [3.05, 3.63) is 11.9 Å². The third-order valence-corrected chi connectivity index (χ3v) is 3.42. The highest BCUT2D eigenvalue weighted by atomic mass is 32.2. The first kappa shape index (κ1) is 13.2. The van der Waals surface area contributed by atoms with Crippen LogP contribution < -0.4 is 11.3 Å². The molecule has 0 aliphatic carbocycles. The fourth-order valence-electron chi connectivity index (χ4n) is 1.05. The summed E-state index contributed by atoms with van der Waals surface area (Å²) in [5.41, 5.74) is 2.52. The molecular weight excluding hydrogens is 224 g/mol. The van der Waals surface area contributed by atoms with Gasteiger partial charge in [-0.2, -0.15) is 0 Å². The lowest BCUT2D eigenvalue weighted by molar-refractivity contribution is 0.196. The molecule has 0 bridgehead atoms. The lowest BCUT2D eigenvalue weighted by atomic mass is 10.3. The van der Waals surface area contributed by atoms with Crippen LogP contribution in [0, 0.1) is 0 Å². The third-order valence-electron chi connectivity index (χ3n) is 2.20. The number of hydrazine groups is 1. The molecule has 5 nitrogen and oxygen atoms in total. The molecule has 0 saturated heterocycles. The summed E-state index contributed by atoms with van der Waals surface area (Å²) in [6.07, 6.45) is 0.380. The number of aromatic nitrogens is 2. The van der Waals surface area contributed by atoms with E-state index in [0.717, 1.165) is 17.3 Å². The second-order valence-corrected chi connectivity index (χ2v) is 4.97. The number of aliphatic hydroxyl groups is 1. The number of nitrogen functional groups attached to an aromatic ring is 1. The van der Waals surface area contributed by atoms with E-state index in [1.807, 2.05) is 13.8 Å². The summed E-state index contributed by atoms with van der Waals surface area (Å²) in [6.45, 7) is 5.71. The molecule has 0 aliphatic heterocycles. The first-order valence-corrected chi connectivity index (χ1v) is 6.14. The van der Waals surface area contributed by atoms with E-state index in [1.165, 1.54) is 11.8 Å². The zero-order valence-corrected chi connectivity index (χ0v) is 10.6. The molecule has 1 heterocycles. The first-order valence-electron chi connectivity index (χ1n) is 5.26. The number of thioether (sulfide) groups is 1. The van der Waals surface area contributed by atoms with E-state index >= 15 is 0 Å². The molecular formula is C10H18N4OS. The summed E-state index contributed by atoms with van der Waals surface area (Å²) in [7, 11) is 0. The van der Waals surface area contributed by atoms with Crippen LogP contribution in [0.3, 0.4) is 0 Å². The largest absolute Gasteiger partial charge is 0.392 e. The Morgan fingerprint density at radius 2 is 2.19 bits per heavy atom. The van der Waals surface area contributed by atoms with E-state index in [2.05, 4.69) is 15.4 Å². The lowest BCUT2D eigenvalue weighted by Gasteiger charge is -2.14. The van der Waals surface area contributed by atoms with Crippen molar-refractivity contribution < 1.29 is 5.11 Å². The van der Waals surface area contributed by atoms with Crippen LogP contribution in [-0.2, 0) is 6.42 Å². The molecule has 0 saturated carbocycles. The molecule has 0 spiro atoms. The SMILES string of the molecule is CCc1nc(NN)cc(SC(C)C(C)O)n1.